The van der Waals surface area contributed by atoms with Gasteiger partial charge in [-0.3, -0.25) is 0 Å². The third-order valence-electron chi connectivity index (χ3n) is 10.0. The fourth-order valence-electron chi connectivity index (χ4n) is 8.51. The molecular formula is C24H34O7. The van der Waals surface area contributed by atoms with E-state index in [1.807, 2.05) is 6.92 Å². The van der Waals surface area contributed by atoms with Gasteiger partial charge in [-0.1, -0.05) is 6.92 Å². The maximum atomic E-state index is 12.2. The Morgan fingerprint density at radius 2 is 1.77 bits per heavy atom. The number of hydrogen-bond acceptors (Lipinski definition) is 7. The van der Waals surface area contributed by atoms with Crippen LogP contribution in [-0.4, -0.2) is 55.5 Å². The van der Waals surface area contributed by atoms with Crippen molar-refractivity contribution in [3.63, 3.8) is 0 Å². The van der Waals surface area contributed by atoms with E-state index in [-0.39, 0.29) is 37.2 Å². The molecule has 4 aliphatic carbocycles. The van der Waals surface area contributed by atoms with Gasteiger partial charge in [0, 0.05) is 35.7 Å². The molecule has 0 spiro atoms. The first-order valence-corrected chi connectivity index (χ1v) is 11.6. The lowest BCUT2D eigenvalue weighted by Crippen LogP contribution is -2.69. The van der Waals surface area contributed by atoms with Crippen LogP contribution in [0.25, 0.3) is 0 Å². The van der Waals surface area contributed by atoms with Crippen LogP contribution in [0.1, 0.15) is 69.8 Å². The van der Waals surface area contributed by atoms with Gasteiger partial charge in [0.25, 0.3) is 0 Å². The zero-order chi connectivity index (χ0) is 22.2. The molecule has 4 fully saturated rings. The fourth-order valence-corrected chi connectivity index (χ4v) is 8.51. The monoisotopic (exact) mass is 434 g/mol. The normalized spacial score (nSPS) is 51.6. The maximum Gasteiger partial charge on any atom is 0.335 e. The molecule has 1 aromatic rings. The van der Waals surface area contributed by atoms with E-state index in [0.717, 1.165) is 6.42 Å². The molecule has 4 saturated carbocycles. The maximum absolute atomic E-state index is 12.2. The molecule has 1 heterocycles. The molecule has 1 aromatic heterocycles. The van der Waals surface area contributed by atoms with Gasteiger partial charge in [-0.2, -0.15) is 0 Å². The molecule has 5 rings (SSSR count). The Bertz CT molecular complexity index is 895. The summed E-state index contributed by atoms with van der Waals surface area (Å²) in [6.45, 7) is 1.85. The number of fused-ring (bicyclic) bond motifs is 5. The van der Waals surface area contributed by atoms with Gasteiger partial charge >= 0.3 is 5.63 Å². The van der Waals surface area contributed by atoms with Crippen LogP contribution >= 0.6 is 0 Å². The summed E-state index contributed by atoms with van der Waals surface area (Å²) in [4.78, 5) is 11.4. The summed E-state index contributed by atoms with van der Waals surface area (Å²) in [5, 5.41) is 55.6. The highest BCUT2D eigenvalue weighted by Crippen LogP contribution is 2.71. The van der Waals surface area contributed by atoms with Crippen molar-refractivity contribution in [2.24, 2.45) is 22.7 Å². The Hall–Kier alpha value is -1.25. The Balaban J connectivity index is 1.55. The van der Waals surface area contributed by atoms with Crippen molar-refractivity contribution in [1.29, 1.82) is 0 Å². The Kier molecular flexibility index (Phi) is 4.79. The van der Waals surface area contributed by atoms with E-state index in [4.69, 9.17) is 4.42 Å². The van der Waals surface area contributed by atoms with Crippen LogP contribution in [0.4, 0.5) is 0 Å². The second-order valence-electron chi connectivity index (χ2n) is 11.0. The average molecular weight is 435 g/mol. The van der Waals surface area contributed by atoms with Crippen LogP contribution < -0.4 is 5.63 Å². The summed E-state index contributed by atoms with van der Waals surface area (Å²) < 4.78 is 5.07. The number of rotatable bonds is 2. The van der Waals surface area contributed by atoms with Crippen molar-refractivity contribution in [2.45, 2.75) is 87.6 Å². The van der Waals surface area contributed by atoms with Crippen molar-refractivity contribution in [3.8, 4) is 0 Å². The Labute approximate surface area is 181 Å². The predicted octanol–water partition coefficient (Wildman–Crippen LogP) is 1.30. The van der Waals surface area contributed by atoms with Crippen molar-refractivity contribution < 1.29 is 29.9 Å². The minimum absolute atomic E-state index is 0.0820. The Morgan fingerprint density at radius 3 is 2.45 bits per heavy atom. The second-order valence-corrected chi connectivity index (χ2v) is 11.0. The van der Waals surface area contributed by atoms with Crippen molar-refractivity contribution in [1.82, 2.24) is 0 Å². The largest absolute Gasteiger partial charge is 0.431 e. The first-order chi connectivity index (χ1) is 14.6. The fraction of sp³-hybridized carbons (Fsp3) is 0.792. The minimum atomic E-state index is -1.16. The van der Waals surface area contributed by atoms with Gasteiger partial charge in [0.2, 0.25) is 0 Å². The standard InChI is InChI=1S/C24H34O7/c1-21-7-5-16-17(6-9-23(29)10-15(26)4-8-22(16,23)13-25)24(21,30)11-18(27)20(21)14-2-3-19(28)31-12-14/h2-3,12,15-18,20,25-27,29-30H,4-11,13H2,1H3/t15-,16-,17+,18-,20-,21+,22-,23-,24-/m0/s1. The highest BCUT2D eigenvalue weighted by atomic mass is 16.4. The zero-order valence-corrected chi connectivity index (χ0v) is 18.0. The van der Waals surface area contributed by atoms with Crippen molar-refractivity contribution in [3.05, 3.63) is 34.4 Å². The molecule has 7 heteroatoms. The molecule has 31 heavy (non-hydrogen) atoms. The van der Waals surface area contributed by atoms with E-state index in [1.165, 1.54) is 12.3 Å². The average Bonchev–Trinajstić information content (AvgIpc) is 2.93. The summed E-state index contributed by atoms with van der Waals surface area (Å²) in [6, 6.07) is 3.03. The molecule has 7 nitrogen and oxygen atoms in total. The van der Waals surface area contributed by atoms with Gasteiger partial charge in [0.1, 0.15) is 0 Å². The third kappa shape index (κ3) is 2.67. The summed E-state index contributed by atoms with van der Waals surface area (Å²) in [5.41, 5.74) is -3.38. The molecule has 9 atom stereocenters. The molecule has 0 aromatic carbocycles. The molecule has 0 radical (unpaired) electrons. The highest BCUT2D eigenvalue weighted by Gasteiger charge is 2.72. The van der Waals surface area contributed by atoms with E-state index >= 15 is 0 Å². The lowest BCUT2D eigenvalue weighted by atomic mass is 9.41. The first-order valence-electron chi connectivity index (χ1n) is 11.6. The van der Waals surface area contributed by atoms with Crippen molar-refractivity contribution >= 4 is 0 Å². The molecule has 4 aliphatic rings. The smallest absolute Gasteiger partial charge is 0.335 e. The van der Waals surface area contributed by atoms with Crippen LogP contribution in [0.5, 0.6) is 0 Å². The van der Waals surface area contributed by atoms with Crippen LogP contribution in [0, 0.1) is 22.7 Å². The second kappa shape index (κ2) is 6.87. The summed E-state index contributed by atoms with van der Waals surface area (Å²) in [5.74, 6) is -0.604. The van der Waals surface area contributed by atoms with E-state index < -0.39 is 39.9 Å². The molecular weight excluding hydrogens is 400 g/mol. The van der Waals surface area contributed by atoms with Gasteiger partial charge in [-0.25, -0.2) is 4.79 Å². The lowest BCUT2D eigenvalue weighted by molar-refractivity contribution is -0.268. The number of aliphatic hydroxyl groups excluding tert-OH is 3. The van der Waals surface area contributed by atoms with E-state index in [0.29, 0.717) is 37.7 Å². The van der Waals surface area contributed by atoms with Crippen LogP contribution in [0.2, 0.25) is 0 Å². The van der Waals surface area contributed by atoms with Crippen LogP contribution in [0.15, 0.2) is 27.6 Å². The minimum Gasteiger partial charge on any atom is -0.431 e. The topological polar surface area (TPSA) is 131 Å². The summed E-state index contributed by atoms with van der Waals surface area (Å²) in [7, 11) is 0. The molecule has 5 N–H and O–H groups in total. The van der Waals surface area contributed by atoms with Crippen LogP contribution in [-0.2, 0) is 0 Å². The highest BCUT2D eigenvalue weighted by molar-refractivity contribution is 5.30. The number of hydrogen-bond donors (Lipinski definition) is 5. The number of aliphatic hydroxyl groups is 5. The van der Waals surface area contributed by atoms with Gasteiger partial charge in [-0.05, 0) is 62.0 Å². The van der Waals surface area contributed by atoms with E-state index in [9.17, 15) is 30.3 Å². The summed E-state index contributed by atoms with van der Waals surface area (Å²) in [6.07, 6.45) is 3.98. The van der Waals surface area contributed by atoms with E-state index in [1.54, 1.807) is 6.07 Å². The molecule has 0 unspecified atom stereocenters. The van der Waals surface area contributed by atoms with Gasteiger partial charge < -0.3 is 29.9 Å². The lowest BCUT2D eigenvalue weighted by Gasteiger charge is -2.66. The quantitative estimate of drug-likeness (QED) is 0.474. The Morgan fingerprint density at radius 1 is 1.03 bits per heavy atom. The zero-order valence-electron chi connectivity index (χ0n) is 18.0. The van der Waals surface area contributed by atoms with Gasteiger partial charge in [0.15, 0.2) is 0 Å². The molecule has 0 amide bonds. The SMILES string of the molecule is C[C@]12CC[C@H]3[C@@H](CC[C@]4(O)C[C@@H](O)CC[C@]34CO)[C@@]1(O)C[C@H](O)[C@@H]2c1ccc(=O)oc1. The first kappa shape index (κ1) is 21.6. The predicted molar refractivity (Wildman–Crippen MR) is 111 cm³/mol. The van der Waals surface area contributed by atoms with E-state index in [2.05, 4.69) is 0 Å². The molecule has 0 saturated heterocycles. The molecule has 172 valence electrons. The summed E-state index contributed by atoms with van der Waals surface area (Å²) >= 11 is 0. The van der Waals surface area contributed by atoms with Crippen molar-refractivity contribution in [2.75, 3.05) is 6.61 Å². The van der Waals surface area contributed by atoms with Gasteiger partial charge in [-0.15, -0.1) is 0 Å². The third-order valence-corrected chi connectivity index (χ3v) is 10.0. The van der Waals surface area contributed by atoms with Crippen LogP contribution in [0.3, 0.4) is 0 Å². The molecule has 0 aliphatic heterocycles. The molecule has 0 bridgehead atoms. The van der Waals surface area contributed by atoms with Gasteiger partial charge in [0.05, 0.1) is 36.3 Å².